The van der Waals surface area contributed by atoms with Gasteiger partial charge in [-0.15, -0.1) is 0 Å². The van der Waals surface area contributed by atoms with Crippen LogP contribution in [0, 0.1) is 0 Å². The first-order valence-corrected chi connectivity index (χ1v) is 7.78. The van der Waals surface area contributed by atoms with E-state index in [1.165, 1.54) is 18.6 Å². The zero-order valence-electron chi connectivity index (χ0n) is 11.2. The van der Waals surface area contributed by atoms with Gasteiger partial charge >= 0.3 is 0 Å². The van der Waals surface area contributed by atoms with Crippen molar-refractivity contribution in [3.05, 3.63) is 53.5 Å². The van der Waals surface area contributed by atoms with Crippen molar-refractivity contribution >= 4 is 10.0 Å². The molecule has 0 saturated heterocycles. The number of hydrogen-bond donors (Lipinski definition) is 2. The van der Waals surface area contributed by atoms with Gasteiger partial charge in [0.15, 0.2) is 0 Å². The molecule has 0 amide bonds. The van der Waals surface area contributed by atoms with Gasteiger partial charge in [0.05, 0.1) is 24.0 Å². The summed E-state index contributed by atoms with van der Waals surface area (Å²) in [6.45, 7) is 1.88. The predicted molar refractivity (Wildman–Crippen MR) is 74.5 cm³/mol. The van der Waals surface area contributed by atoms with E-state index in [1.807, 2.05) is 6.92 Å². The van der Waals surface area contributed by atoms with Crippen molar-refractivity contribution < 1.29 is 17.9 Å². The molecule has 0 aliphatic heterocycles. The lowest BCUT2D eigenvalue weighted by molar-refractivity contribution is 0.281. The molecular formula is C14H17NO4S. The molecule has 0 aliphatic carbocycles. The fourth-order valence-corrected chi connectivity index (χ4v) is 3.27. The Bertz CT molecular complexity index is 662. The van der Waals surface area contributed by atoms with Gasteiger partial charge in [-0.2, -0.15) is 0 Å². The summed E-state index contributed by atoms with van der Waals surface area (Å²) in [4.78, 5) is 0.218. The van der Waals surface area contributed by atoms with Gasteiger partial charge in [0, 0.05) is 12.1 Å². The summed E-state index contributed by atoms with van der Waals surface area (Å²) in [7, 11) is -3.61. The van der Waals surface area contributed by atoms with Crippen LogP contribution in [0.1, 0.15) is 23.6 Å². The third-order valence-electron chi connectivity index (χ3n) is 3.03. The molecule has 1 aromatic carbocycles. The normalized spacial score (nSPS) is 11.7. The summed E-state index contributed by atoms with van der Waals surface area (Å²) in [5.74, 6) is 0. The molecule has 1 heterocycles. The summed E-state index contributed by atoms with van der Waals surface area (Å²) in [5.41, 5.74) is 2.05. The lowest BCUT2D eigenvalue weighted by atomic mass is 10.1. The number of benzene rings is 1. The Balaban J connectivity index is 2.28. The maximum absolute atomic E-state index is 12.4. The van der Waals surface area contributed by atoms with Crippen LogP contribution in [0.15, 0.2) is 46.1 Å². The number of sulfonamides is 1. The Hall–Kier alpha value is -1.63. The molecule has 0 unspecified atom stereocenters. The average molecular weight is 295 g/mol. The summed E-state index contributed by atoms with van der Waals surface area (Å²) >= 11 is 0. The van der Waals surface area contributed by atoms with Crippen molar-refractivity contribution in [2.45, 2.75) is 31.4 Å². The standard InChI is InChI=1S/C14H17NO4S/c1-2-13-4-3-11(9-16)7-14(13)20(17,18)15-8-12-5-6-19-10-12/h3-7,10,15-16H,2,8-9H2,1H3. The second-order valence-corrected chi connectivity index (χ2v) is 6.15. The van der Waals surface area contributed by atoms with Crippen LogP contribution >= 0.6 is 0 Å². The fourth-order valence-electron chi connectivity index (χ4n) is 1.89. The number of rotatable bonds is 6. The highest BCUT2D eigenvalue weighted by molar-refractivity contribution is 7.89. The summed E-state index contributed by atoms with van der Waals surface area (Å²) in [6, 6.07) is 6.68. The van der Waals surface area contributed by atoms with Crippen LogP contribution in [0.25, 0.3) is 0 Å². The predicted octanol–water partition coefficient (Wildman–Crippen LogP) is 1.81. The van der Waals surface area contributed by atoms with Crippen LogP contribution in [0.2, 0.25) is 0 Å². The highest BCUT2D eigenvalue weighted by Crippen LogP contribution is 2.19. The topological polar surface area (TPSA) is 79.5 Å². The van der Waals surface area contributed by atoms with E-state index in [2.05, 4.69) is 4.72 Å². The number of aliphatic hydroxyl groups excluding tert-OH is 1. The Kier molecular flexibility index (Phi) is 4.59. The Morgan fingerprint density at radius 1 is 1.25 bits per heavy atom. The quantitative estimate of drug-likeness (QED) is 0.852. The SMILES string of the molecule is CCc1ccc(CO)cc1S(=O)(=O)NCc1ccoc1. The van der Waals surface area contributed by atoms with E-state index < -0.39 is 10.0 Å². The molecule has 0 aliphatic rings. The molecule has 0 radical (unpaired) electrons. The first-order chi connectivity index (χ1) is 9.56. The van der Waals surface area contributed by atoms with Gasteiger partial charge in [0.25, 0.3) is 0 Å². The van der Waals surface area contributed by atoms with Gasteiger partial charge in [-0.1, -0.05) is 19.1 Å². The molecule has 0 bridgehead atoms. The van der Waals surface area contributed by atoms with Crippen molar-refractivity contribution in [3.63, 3.8) is 0 Å². The first-order valence-electron chi connectivity index (χ1n) is 6.30. The Morgan fingerprint density at radius 2 is 2.05 bits per heavy atom. The lowest BCUT2D eigenvalue weighted by Crippen LogP contribution is -2.24. The highest BCUT2D eigenvalue weighted by Gasteiger charge is 2.18. The van der Waals surface area contributed by atoms with E-state index >= 15 is 0 Å². The van der Waals surface area contributed by atoms with Crippen LogP contribution in [0.3, 0.4) is 0 Å². The summed E-state index contributed by atoms with van der Waals surface area (Å²) < 4.78 is 32.1. The average Bonchev–Trinajstić information content (AvgIpc) is 2.98. The molecule has 108 valence electrons. The van der Waals surface area contributed by atoms with Crippen molar-refractivity contribution in [1.82, 2.24) is 4.72 Å². The number of furan rings is 1. The van der Waals surface area contributed by atoms with E-state index in [0.29, 0.717) is 12.0 Å². The van der Waals surface area contributed by atoms with Crippen LogP contribution < -0.4 is 4.72 Å². The van der Waals surface area contributed by atoms with Crippen LogP contribution in [0.5, 0.6) is 0 Å². The maximum atomic E-state index is 12.4. The monoisotopic (exact) mass is 295 g/mol. The van der Waals surface area contributed by atoms with Gasteiger partial charge in [-0.05, 0) is 29.7 Å². The molecule has 6 heteroatoms. The van der Waals surface area contributed by atoms with Gasteiger partial charge in [0.1, 0.15) is 0 Å². The third kappa shape index (κ3) is 3.27. The summed E-state index contributed by atoms with van der Waals surface area (Å²) in [5, 5.41) is 9.14. The van der Waals surface area contributed by atoms with Crippen molar-refractivity contribution in [2.75, 3.05) is 0 Å². The number of hydrogen-bond acceptors (Lipinski definition) is 4. The fraction of sp³-hybridized carbons (Fsp3) is 0.286. The van der Waals surface area contributed by atoms with Crippen molar-refractivity contribution in [1.29, 1.82) is 0 Å². The minimum absolute atomic E-state index is 0.172. The van der Waals surface area contributed by atoms with Gasteiger partial charge in [-0.3, -0.25) is 0 Å². The first kappa shape index (κ1) is 14.8. The molecule has 20 heavy (non-hydrogen) atoms. The molecule has 0 saturated carbocycles. The van der Waals surface area contributed by atoms with Crippen LogP contribution in [-0.2, 0) is 29.6 Å². The molecular weight excluding hydrogens is 278 g/mol. The van der Waals surface area contributed by atoms with E-state index in [-0.39, 0.29) is 18.0 Å². The Labute approximate surface area is 118 Å². The molecule has 0 atom stereocenters. The molecule has 2 N–H and O–H groups in total. The van der Waals surface area contributed by atoms with Crippen LogP contribution in [0.4, 0.5) is 0 Å². The molecule has 1 aromatic heterocycles. The zero-order valence-corrected chi connectivity index (χ0v) is 12.0. The second-order valence-electron chi connectivity index (χ2n) is 4.41. The summed E-state index contributed by atoms with van der Waals surface area (Å²) in [6.07, 6.45) is 3.59. The number of nitrogens with one attached hydrogen (secondary N) is 1. The molecule has 5 nitrogen and oxygen atoms in total. The molecule has 2 aromatic rings. The highest BCUT2D eigenvalue weighted by atomic mass is 32.2. The Morgan fingerprint density at radius 3 is 2.65 bits per heavy atom. The van der Waals surface area contributed by atoms with Crippen molar-refractivity contribution in [2.24, 2.45) is 0 Å². The second kappa shape index (κ2) is 6.21. The largest absolute Gasteiger partial charge is 0.472 e. The van der Waals surface area contributed by atoms with E-state index in [4.69, 9.17) is 9.52 Å². The molecule has 0 spiro atoms. The van der Waals surface area contributed by atoms with E-state index in [1.54, 1.807) is 18.2 Å². The van der Waals surface area contributed by atoms with E-state index in [0.717, 1.165) is 11.1 Å². The third-order valence-corrected chi connectivity index (χ3v) is 4.51. The van der Waals surface area contributed by atoms with Crippen molar-refractivity contribution in [3.8, 4) is 0 Å². The van der Waals surface area contributed by atoms with E-state index in [9.17, 15) is 8.42 Å². The minimum atomic E-state index is -3.61. The smallest absolute Gasteiger partial charge is 0.241 e. The van der Waals surface area contributed by atoms with Crippen LogP contribution in [-0.4, -0.2) is 13.5 Å². The molecule has 2 rings (SSSR count). The number of aryl methyl sites for hydroxylation is 1. The van der Waals surface area contributed by atoms with Gasteiger partial charge < -0.3 is 9.52 Å². The van der Waals surface area contributed by atoms with Gasteiger partial charge in [0.2, 0.25) is 10.0 Å². The maximum Gasteiger partial charge on any atom is 0.241 e. The number of aliphatic hydroxyl groups is 1. The van der Waals surface area contributed by atoms with Gasteiger partial charge in [-0.25, -0.2) is 13.1 Å². The lowest BCUT2D eigenvalue weighted by Gasteiger charge is -2.11. The minimum Gasteiger partial charge on any atom is -0.472 e. The zero-order chi connectivity index (χ0) is 14.6. The molecule has 0 fully saturated rings.